The molecule has 0 spiro atoms. The Morgan fingerprint density at radius 3 is 2.39 bits per heavy atom. The molecule has 0 heterocycles. The number of halogens is 4. The first-order valence-electron chi connectivity index (χ1n) is 4.79. The van der Waals surface area contributed by atoms with Gasteiger partial charge in [0, 0.05) is 8.95 Å². The molecule has 0 aliphatic rings. The third-order valence-electron chi connectivity index (χ3n) is 2.14. The van der Waals surface area contributed by atoms with Crippen LogP contribution in [0.2, 0.25) is 5.02 Å². The average molecular weight is 457 g/mol. The molecule has 0 fully saturated rings. The van der Waals surface area contributed by atoms with Crippen LogP contribution in [0.15, 0.2) is 43.7 Å². The number of phenolic OH excluding ortho intramolecular Hbond substituents is 1. The van der Waals surface area contributed by atoms with E-state index in [0.717, 1.165) is 8.95 Å². The van der Waals surface area contributed by atoms with Crippen molar-refractivity contribution in [2.24, 2.45) is 0 Å². The number of hydrogen-bond donors (Lipinski definition) is 1. The molecule has 0 atom stereocenters. The van der Waals surface area contributed by atoms with Crippen LogP contribution in [0.1, 0.15) is 0 Å². The van der Waals surface area contributed by atoms with Crippen molar-refractivity contribution in [2.75, 3.05) is 0 Å². The fraction of sp³-hybridized carbons (Fsp3) is 0. The molecule has 0 unspecified atom stereocenters. The summed E-state index contributed by atoms with van der Waals surface area (Å²) in [5.74, 6) is 0.764. The van der Waals surface area contributed by atoms with Gasteiger partial charge in [-0.2, -0.15) is 0 Å². The van der Waals surface area contributed by atoms with E-state index in [4.69, 9.17) is 16.3 Å². The van der Waals surface area contributed by atoms with Gasteiger partial charge in [-0.25, -0.2) is 0 Å². The molecule has 0 amide bonds. The van der Waals surface area contributed by atoms with E-state index >= 15 is 0 Å². The molecule has 2 aromatic rings. The highest BCUT2D eigenvalue weighted by molar-refractivity contribution is 9.11. The van der Waals surface area contributed by atoms with Crippen LogP contribution in [-0.2, 0) is 0 Å². The van der Waals surface area contributed by atoms with Crippen LogP contribution in [0.3, 0.4) is 0 Å². The van der Waals surface area contributed by atoms with Gasteiger partial charge in [-0.3, -0.25) is 0 Å². The van der Waals surface area contributed by atoms with Gasteiger partial charge in [0.2, 0.25) is 0 Å². The van der Waals surface area contributed by atoms with Crippen LogP contribution in [0.25, 0.3) is 0 Å². The van der Waals surface area contributed by atoms with Gasteiger partial charge in [-0.1, -0.05) is 27.5 Å². The SMILES string of the molecule is Oc1ccc(Br)c(Cl)c1Oc1ccc(Br)cc1Br. The van der Waals surface area contributed by atoms with Crippen molar-refractivity contribution in [3.05, 3.63) is 48.8 Å². The van der Waals surface area contributed by atoms with Crippen molar-refractivity contribution in [1.82, 2.24) is 0 Å². The zero-order chi connectivity index (χ0) is 13.3. The van der Waals surface area contributed by atoms with Crippen LogP contribution in [0.4, 0.5) is 0 Å². The molecule has 0 aliphatic heterocycles. The van der Waals surface area contributed by atoms with Gasteiger partial charge >= 0.3 is 0 Å². The molecule has 2 rings (SSSR count). The molecule has 0 bridgehead atoms. The van der Waals surface area contributed by atoms with Crippen LogP contribution in [0, 0.1) is 0 Å². The minimum Gasteiger partial charge on any atom is -0.504 e. The smallest absolute Gasteiger partial charge is 0.188 e. The summed E-state index contributed by atoms with van der Waals surface area (Å²) in [6.07, 6.45) is 0. The summed E-state index contributed by atoms with van der Waals surface area (Å²) in [4.78, 5) is 0. The van der Waals surface area contributed by atoms with Crippen molar-refractivity contribution >= 4 is 59.4 Å². The summed E-state index contributed by atoms with van der Waals surface area (Å²) in [5, 5.41) is 10.1. The Bertz CT molecular complexity index is 602. The molecular formula is C12H6Br3ClO2. The first-order chi connectivity index (χ1) is 8.49. The maximum absolute atomic E-state index is 9.77. The fourth-order valence-corrected chi connectivity index (χ4v) is 2.93. The topological polar surface area (TPSA) is 29.5 Å². The molecule has 2 aromatic carbocycles. The standard InChI is InChI=1S/C12H6Br3ClO2/c13-6-1-4-10(8(15)5-6)18-12-9(17)3-2-7(14)11(12)16/h1-5,17H. The third kappa shape index (κ3) is 3.02. The summed E-state index contributed by atoms with van der Waals surface area (Å²) >= 11 is 16.1. The number of hydrogen-bond acceptors (Lipinski definition) is 2. The van der Waals surface area contributed by atoms with Gasteiger partial charge in [0.25, 0.3) is 0 Å². The van der Waals surface area contributed by atoms with Crippen molar-refractivity contribution in [3.8, 4) is 17.2 Å². The zero-order valence-corrected chi connectivity index (χ0v) is 14.3. The highest BCUT2D eigenvalue weighted by Gasteiger charge is 2.14. The number of phenols is 1. The predicted molar refractivity (Wildman–Crippen MR) is 82.7 cm³/mol. The van der Waals surface area contributed by atoms with Gasteiger partial charge in [0.1, 0.15) is 10.8 Å². The van der Waals surface area contributed by atoms with Crippen molar-refractivity contribution in [3.63, 3.8) is 0 Å². The average Bonchev–Trinajstić information content (AvgIpc) is 2.32. The van der Waals surface area contributed by atoms with Crippen LogP contribution in [-0.4, -0.2) is 5.11 Å². The van der Waals surface area contributed by atoms with E-state index in [0.29, 0.717) is 15.2 Å². The van der Waals surface area contributed by atoms with Crippen molar-refractivity contribution < 1.29 is 9.84 Å². The van der Waals surface area contributed by atoms with Crippen molar-refractivity contribution in [1.29, 1.82) is 0 Å². The Morgan fingerprint density at radius 1 is 1.00 bits per heavy atom. The van der Waals surface area contributed by atoms with Crippen LogP contribution in [0.5, 0.6) is 17.2 Å². The van der Waals surface area contributed by atoms with E-state index in [2.05, 4.69) is 47.8 Å². The molecule has 1 N–H and O–H groups in total. The van der Waals surface area contributed by atoms with Gasteiger partial charge in [0.15, 0.2) is 11.5 Å². The molecule has 0 radical (unpaired) electrons. The quantitative estimate of drug-likeness (QED) is 0.589. The van der Waals surface area contributed by atoms with Gasteiger partial charge in [-0.15, -0.1) is 0 Å². The summed E-state index contributed by atoms with van der Waals surface area (Å²) in [6, 6.07) is 8.62. The van der Waals surface area contributed by atoms with Gasteiger partial charge < -0.3 is 9.84 Å². The maximum atomic E-state index is 9.77. The molecule has 0 saturated heterocycles. The second-order valence-electron chi connectivity index (χ2n) is 3.39. The Kier molecular flexibility index (Phi) is 4.59. The lowest BCUT2D eigenvalue weighted by Gasteiger charge is -2.12. The molecule has 0 aromatic heterocycles. The lowest BCUT2D eigenvalue weighted by molar-refractivity contribution is 0.410. The Balaban J connectivity index is 2.43. The van der Waals surface area contributed by atoms with E-state index in [-0.39, 0.29) is 11.5 Å². The summed E-state index contributed by atoms with van der Waals surface area (Å²) in [5.41, 5.74) is 0. The normalized spacial score (nSPS) is 10.4. The van der Waals surface area contributed by atoms with E-state index in [1.54, 1.807) is 12.1 Å². The molecular weight excluding hydrogens is 451 g/mol. The molecule has 94 valence electrons. The maximum Gasteiger partial charge on any atom is 0.188 e. The molecule has 18 heavy (non-hydrogen) atoms. The lowest BCUT2D eigenvalue weighted by Crippen LogP contribution is -1.88. The largest absolute Gasteiger partial charge is 0.504 e. The summed E-state index contributed by atoms with van der Waals surface area (Å²) in [6.45, 7) is 0. The highest BCUT2D eigenvalue weighted by atomic mass is 79.9. The van der Waals surface area contributed by atoms with E-state index in [1.807, 2.05) is 12.1 Å². The molecule has 0 aliphatic carbocycles. The first-order valence-corrected chi connectivity index (χ1v) is 7.54. The number of aromatic hydroxyl groups is 1. The lowest BCUT2D eigenvalue weighted by atomic mass is 10.3. The zero-order valence-electron chi connectivity index (χ0n) is 8.75. The predicted octanol–water partition coefficient (Wildman–Crippen LogP) is 6.13. The second-order valence-corrected chi connectivity index (χ2v) is 6.39. The first kappa shape index (κ1) is 14.2. The molecule has 6 heteroatoms. The fourth-order valence-electron chi connectivity index (χ4n) is 1.29. The molecule has 0 saturated carbocycles. The number of ether oxygens (including phenoxy) is 1. The van der Waals surface area contributed by atoms with Crippen molar-refractivity contribution in [2.45, 2.75) is 0 Å². The summed E-state index contributed by atoms with van der Waals surface area (Å²) < 4.78 is 7.96. The monoisotopic (exact) mass is 454 g/mol. The van der Waals surface area contributed by atoms with Crippen LogP contribution < -0.4 is 4.74 Å². The Labute approximate surface area is 134 Å². The summed E-state index contributed by atoms with van der Waals surface area (Å²) in [7, 11) is 0. The van der Waals surface area contributed by atoms with Crippen LogP contribution >= 0.6 is 59.4 Å². The second kappa shape index (κ2) is 5.82. The Hall–Kier alpha value is -0.230. The number of benzene rings is 2. The van der Waals surface area contributed by atoms with Gasteiger partial charge in [0.05, 0.1) is 4.47 Å². The highest BCUT2D eigenvalue weighted by Crippen LogP contribution is 2.43. The third-order valence-corrected chi connectivity index (χ3v) is 4.51. The van der Waals surface area contributed by atoms with E-state index < -0.39 is 0 Å². The minimum absolute atomic E-state index is 0.0157. The molecule has 2 nitrogen and oxygen atoms in total. The Morgan fingerprint density at radius 2 is 1.72 bits per heavy atom. The van der Waals surface area contributed by atoms with E-state index in [9.17, 15) is 5.11 Å². The number of rotatable bonds is 2. The van der Waals surface area contributed by atoms with Gasteiger partial charge in [-0.05, 0) is 62.2 Å². The minimum atomic E-state index is -0.0157. The van der Waals surface area contributed by atoms with E-state index in [1.165, 1.54) is 6.07 Å².